The number of hydrogen-bond donors (Lipinski definition) is 1. The van der Waals surface area contributed by atoms with Gasteiger partial charge >= 0.3 is 0 Å². The van der Waals surface area contributed by atoms with Gasteiger partial charge in [-0.15, -0.1) is 5.10 Å². The number of benzene rings is 1. The molecule has 0 unspecified atom stereocenters. The molecule has 0 fully saturated rings. The SMILES string of the molecule is Cc1ccc(C(=O)n2nc(-c3ccncc3)nc2N)cc1. The number of aryl methyl sites for hydroxylation is 1. The number of rotatable bonds is 2. The van der Waals surface area contributed by atoms with Gasteiger partial charge in [0.05, 0.1) is 0 Å². The minimum absolute atomic E-state index is 0.0624. The van der Waals surface area contributed by atoms with Crippen LogP contribution < -0.4 is 5.73 Å². The van der Waals surface area contributed by atoms with E-state index < -0.39 is 0 Å². The van der Waals surface area contributed by atoms with E-state index in [9.17, 15) is 4.79 Å². The van der Waals surface area contributed by atoms with Crippen LogP contribution in [0.4, 0.5) is 5.95 Å². The Morgan fingerprint density at radius 1 is 1.10 bits per heavy atom. The lowest BCUT2D eigenvalue weighted by atomic mass is 10.1. The number of nitrogens with zero attached hydrogens (tertiary/aromatic N) is 4. The highest BCUT2D eigenvalue weighted by atomic mass is 16.2. The molecule has 0 aliphatic heterocycles. The molecule has 6 heteroatoms. The number of carbonyl (C=O) groups is 1. The zero-order chi connectivity index (χ0) is 14.8. The molecule has 0 bridgehead atoms. The Morgan fingerprint density at radius 3 is 2.43 bits per heavy atom. The number of carbonyl (C=O) groups excluding carboxylic acids is 1. The van der Waals surface area contributed by atoms with Gasteiger partial charge in [0.2, 0.25) is 5.95 Å². The molecule has 1 aromatic carbocycles. The number of hydrogen-bond acceptors (Lipinski definition) is 5. The number of pyridine rings is 1. The average Bonchev–Trinajstić information content (AvgIpc) is 2.90. The molecule has 0 spiro atoms. The molecule has 21 heavy (non-hydrogen) atoms. The molecular formula is C15H13N5O. The fourth-order valence-electron chi connectivity index (χ4n) is 1.92. The van der Waals surface area contributed by atoms with Crippen molar-refractivity contribution in [1.29, 1.82) is 0 Å². The molecule has 0 saturated carbocycles. The molecule has 0 aliphatic rings. The fraction of sp³-hybridized carbons (Fsp3) is 0.0667. The Balaban J connectivity index is 1.98. The molecule has 2 aromatic heterocycles. The van der Waals surface area contributed by atoms with Crippen LogP contribution in [0.5, 0.6) is 0 Å². The summed E-state index contributed by atoms with van der Waals surface area (Å²) in [6, 6.07) is 10.7. The number of nitrogen functional groups attached to an aromatic ring is 1. The van der Waals surface area contributed by atoms with Crippen molar-refractivity contribution in [3.05, 3.63) is 59.9 Å². The highest BCUT2D eigenvalue weighted by Gasteiger charge is 2.16. The van der Waals surface area contributed by atoms with Crippen LogP contribution in [0, 0.1) is 6.92 Å². The van der Waals surface area contributed by atoms with Gasteiger partial charge < -0.3 is 5.73 Å². The number of nitrogens with two attached hydrogens (primary N) is 1. The van der Waals surface area contributed by atoms with E-state index in [0.29, 0.717) is 11.4 Å². The van der Waals surface area contributed by atoms with Crippen molar-refractivity contribution in [2.24, 2.45) is 0 Å². The van der Waals surface area contributed by atoms with Crippen LogP contribution in [0.3, 0.4) is 0 Å². The third kappa shape index (κ3) is 2.51. The van der Waals surface area contributed by atoms with Crippen LogP contribution in [0.15, 0.2) is 48.8 Å². The molecule has 6 nitrogen and oxygen atoms in total. The molecule has 0 amide bonds. The van der Waals surface area contributed by atoms with E-state index in [1.807, 2.05) is 19.1 Å². The molecule has 3 aromatic rings. The second-order valence-corrected chi connectivity index (χ2v) is 4.61. The lowest BCUT2D eigenvalue weighted by Gasteiger charge is -2.01. The minimum Gasteiger partial charge on any atom is -0.368 e. The standard InChI is InChI=1S/C15H13N5O/c1-10-2-4-12(5-3-10)14(21)20-15(16)18-13(19-20)11-6-8-17-9-7-11/h2-9H,1H3,(H2,16,18,19). The van der Waals surface area contributed by atoms with Crippen molar-refractivity contribution in [2.45, 2.75) is 6.92 Å². The molecule has 2 N–H and O–H groups in total. The van der Waals surface area contributed by atoms with E-state index >= 15 is 0 Å². The van der Waals surface area contributed by atoms with Gasteiger partial charge in [-0.2, -0.15) is 9.67 Å². The second kappa shape index (κ2) is 5.16. The summed E-state index contributed by atoms with van der Waals surface area (Å²) in [5, 5.41) is 4.18. The van der Waals surface area contributed by atoms with Gasteiger partial charge in [0.1, 0.15) is 0 Å². The monoisotopic (exact) mass is 279 g/mol. The van der Waals surface area contributed by atoms with E-state index in [0.717, 1.165) is 15.8 Å². The van der Waals surface area contributed by atoms with Crippen molar-refractivity contribution >= 4 is 11.9 Å². The molecule has 0 aliphatic carbocycles. The Morgan fingerprint density at radius 2 is 1.76 bits per heavy atom. The molecule has 0 atom stereocenters. The maximum absolute atomic E-state index is 12.4. The molecule has 0 radical (unpaired) electrons. The lowest BCUT2D eigenvalue weighted by Crippen LogP contribution is -2.16. The maximum Gasteiger partial charge on any atom is 0.281 e. The first kappa shape index (κ1) is 13.0. The van der Waals surface area contributed by atoms with Gasteiger partial charge in [0, 0.05) is 23.5 Å². The molecule has 2 heterocycles. The minimum atomic E-state index is -0.305. The Bertz CT molecular complexity index is 778. The maximum atomic E-state index is 12.4. The summed E-state index contributed by atoms with van der Waals surface area (Å²) in [7, 11) is 0. The van der Waals surface area contributed by atoms with Gasteiger partial charge in [-0.05, 0) is 31.2 Å². The van der Waals surface area contributed by atoms with Crippen molar-refractivity contribution in [3.8, 4) is 11.4 Å². The molecular weight excluding hydrogens is 266 g/mol. The topological polar surface area (TPSA) is 86.7 Å². The summed E-state index contributed by atoms with van der Waals surface area (Å²) in [6.45, 7) is 1.96. The number of anilines is 1. The van der Waals surface area contributed by atoms with Gasteiger partial charge in [0.25, 0.3) is 5.91 Å². The van der Waals surface area contributed by atoms with Crippen LogP contribution >= 0.6 is 0 Å². The molecule has 0 saturated heterocycles. The van der Waals surface area contributed by atoms with Crippen molar-refractivity contribution in [1.82, 2.24) is 19.7 Å². The second-order valence-electron chi connectivity index (χ2n) is 4.61. The summed E-state index contributed by atoms with van der Waals surface area (Å²) in [5.41, 5.74) is 8.15. The summed E-state index contributed by atoms with van der Waals surface area (Å²) in [6.07, 6.45) is 3.27. The summed E-state index contributed by atoms with van der Waals surface area (Å²) < 4.78 is 1.11. The van der Waals surface area contributed by atoms with E-state index in [1.54, 1.807) is 36.7 Å². The fourth-order valence-corrected chi connectivity index (χ4v) is 1.92. The van der Waals surface area contributed by atoms with Crippen LogP contribution in [0.2, 0.25) is 0 Å². The molecule has 3 rings (SSSR count). The van der Waals surface area contributed by atoms with E-state index in [2.05, 4.69) is 15.1 Å². The van der Waals surface area contributed by atoms with Gasteiger partial charge in [-0.3, -0.25) is 9.78 Å². The third-order valence-corrected chi connectivity index (χ3v) is 3.06. The summed E-state index contributed by atoms with van der Waals surface area (Å²) >= 11 is 0. The van der Waals surface area contributed by atoms with Crippen molar-refractivity contribution in [2.75, 3.05) is 5.73 Å². The highest BCUT2D eigenvalue weighted by molar-refractivity contribution is 5.96. The Kier molecular flexibility index (Phi) is 3.19. The van der Waals surface area contributed by atoms with Crippen molar-refractivity contribution in [3.63, 3.8) is 0 Å². The van der Waals surface area contributed by atoms with Crippen LogP contribution in [-0.2, 0) is 0 Å². The zero-order valence-electron chi connectivity index (χ0n) is 11.4. The molecule has 104 valence electrons. The summed E-state index contributed by atoms with van der Waals surface area (Å²) in [5.74, 6) is 0.156. The van der Waals surface area contributed by atoms with Crippen LogP contribution in [0.1, 0.15) is 15.9 Å². The van der Waals surface area contributed by atoms with E-state index in [-0.39, 0.29) is 11.9 Å². The van der Waals surface area contributed by atoms with Gasteiger partial charge in [0.15, 0.2) is 5.82 Å². The predicted octanol–water partition coefficient (Wildman–Crippen LogP) is 1.92. The summed E-state index contributed by atoms with van der Waals surface area (Å²) in [4.78, 5) is 20.4. The quantitative estimate of drug-likeness (QED) is 0.774. The van der Waals surface area contributed by atoms with Crippen LogP contribution in [0.25, 0.3) is 11.4 Å². The van der Waals surface area contributed by atoms with Gasteiger partial charge in [-0.1, -0.05) is 17.7 Å². The smallest absolute Gasteiger partial charge is 0.281 e. The lowest BCUT2D eigenvalue weighted by molar-refractivity contribution is 0.0948. The largest absolute Gasteiger partial charge is 0.368 e. The van der Waals surface area contributed by atoms with E-state index in [1.165, 1.54) is 0 Å². The number of aromatic nitrogens is 4. The van der Waals surface area contributed by atoms with E-state index in [4.69, 9.17) is 5.73 Å². The Hall–Kier alpha value is -3.02. The first-order valence-electron chi connectivity index (χ1n) is 6.39. The third-order valence-electron chi connectivity index (χ3n) is 3.06. The zero-order valence-corrected chi connectivity index (χ0v) is 11.4. The van der Waals surface area contributed by atoms with Crippen LogP contribution in [-0.4, -0.2) is 25.7 Å². The highest BCUT2D eigenvalue weighted by Crippen LogP contribution is 2.16. The normalized spacial score (nSPS) is 10.5. The predicted molar refractivity (Wildman–Crippen MR) is 78.6 cm³/mol. The first-order valence-corrected chi connectivity index (χ1v) is 6.39. The Labute approximate surface area is 121 Å². The van der Waals surface area contributed by atoms with Crippen molar-refractivity contribution < 1.29 is 4.79 Å². The first-order chi connectivity index (χ1) is 10.1. The van der Waals surface area contributed by atoms with Gasteiger partial charge in [-0.25, -0.2) is 0 Å². The average molecular weight is 279 g/mol.